The Hall–Kier alpha value is -4.00. The fourth-order valence-electron chi connectivity index (χ4n) is 4.84. The Morgan fingerprint density at radius 1 is 0.972 bits per heavy atom. The summed E-state index contributed by atoms with van der Waals surface area (Å²) in [4.78, 5) is 25.4. The number of aryl methyl sites for hydroxylation is 1. The van der Waals surface area contributed by atoms with Crippen LogP contribution in [0.1, 0.15) is 36.1 Å². The van der Waals surface area contributed by atoms with Gasteiger partial charge in [-0.2, -0.15) is 0 Å². The molecule has 1 atom stereocenters. The summed E-state index contributed by atoms with van der Waals surface area (Å²) in [5.74, 6) is 1.44. The topological polar surface area (TPSA) is 85.9 Å². The van der Waals surface area contributed by atoms with Gasteiger partial charge in [-0.05, 0) is 59.7 Å². The van der Waals surface area contributed by atoms with Gasteiger partial charge in [0.1, 0.15) is 0 Å². The van der Waals surface area contributed by atoms with E-state index in [-0.39, 0.29) is 17.4 Å². The lowest BCUT2D eigenvalue weighted by molar-refractivity contribution is -0.119. The van der Waals surface area contributed by atoms with Crippen LogP contribution >= 0.6 is 0 Å². The Labute approximate surface area is 211 Å². The monoisotopic (exact) mass is 488 g/mol. The first-order chi connectivity index (χ1) is 17.5. The molecular weight excluding hydrogens is 456 g/mol. The number of benzene rings is 2. The number of hydrogen-bond acceptors (Lipinski definition) is 6. The molecule has 7 nitrogen and oxygen atoms in total. The first-order valence-corrected chi connectivity index (χ1v) is 12.0. The summed E-state index contributed by atoms with van der Waals surface area (Å²) >= 11 is 0. The normalized spacial score (nSPS) is 14.1. The van der Waals surface area contributed by atoms with E-state index in [1.54, 1.807) is 27.4 Å². The lowest BCUT2D eigenvalue weighted by Gasteiger charge is -2.19. The van der Waals surface area contributed by atoms with Crippen molar-refractivity contribution in [2.24, 2.45) is 0 Å². The third kappa shape index (κ3) is 5.15. The number of ether oxygens (including phenoxy) is 3. The second-order valence-corrected chi connectivity index (χ2v) is 8.76. The largest absolute Gasteiger partial charge is 0.493 e. The molecule has 1 aliphatic rings. The molecule has 1 aliphatic carbocycles. The maximum Gasteiger partial charge on any atom is 0.217 e. The summed E-state index contributed by atoms with van der Waals surface area (Å²) in [7, 11) is 4.75. The van der Waals surface area contributed by atoms with Gasteiger partial charge in [0, 0.05) is 19.0 Å². The zero-order valence-electron chi connectivity index (χ0n) is 21.1. The molecule has 3 aromatic rings. The van der Waals surface area contributed by atoms with Gasteiger partial charge in [0.2, 0.25) is 17.1 Å². The van der Waals surface area contributed by atoms with Crippen molar-refractivity contribution in [3.05, 3.63) is 81.5 Å². The minimum atomic E-state index is -0.330. The number of amides is 1. The van der Waals surface area contributed by atoms with Crippen LogP contribution in [0.25, 0.3) is 11.1 Å². The zero-order valence-corrected chi connectivity index (χ0v) is 21.1. The van der Waals surface area contributed by atoms with E-state index in [0.717, 1.165) is 28.7 Å². The molecule has 188 valence electrons. The predicted octanol–water partition coefficient (Wildman–Crippen LogP) is 4.52. The summed E-state index contributed by atoms with van der Waals surface area (Å²) in [6, 6.07) is 17.1. The average Bonchev–Trinajstić information content (AvgIpc) is 3.12. The van der Waals surface area contributed by atoms with Crippen molar-refractivity contribution >= 4 is 11.6 Å². The smallest absolute Gasteiger partial charge is 0.217 e. The molecule has 3 aromatic carbocycles. The van der Waals surface area contributed by atoms with Crippen LogP contribution < -0.4 is 30.3 Å². The fourth-order valence-corrected chi connectivity index (χ4v) is 4.84. The highest BCUT2D eigenvalue weighted by atomic mass is 16.5. The Bertz CT molecular complexity index is 1310. The molecule has 0 fully saturated rings. The van der Waals surface area contributed by atoms with Gasteiger partial charge in [0.05, 0.1) is 33.1 Å². The first-order valence-electron chi connectivity index (χ1n) is 12.0. The molecule has 0 heterocycles. The van der Waals surface area contributed by atoms with E-state index in [9.17, 15) is 9.59 Å². The number of carbonyl (C=O) groups is 1. The van der Waals surface area contributed by atoms with Crippen LogP contribution in [0.3, 0.4) is 0 Å². The second-order valence-electron chi connectivity index (χ2n) is 8.76. The number of carbonyl (C=O) groups excluding carboxylic acids is 1. The molecule has 0 aromatic heterocycles. The standard InChI is InChI=1S/C29H32N2O5/c1-18(32)31-23-12-10-20-16-26(34-2)28(35-3)29(36-4)27(20)21-11-13-24(25(33)17-22(21)23)30-15-14-19-8-6-5-7-9-19/h5-9,11,13,16-17,23H,10,12,14-15H2,1-4H3,(H,30,33)(H,31,32). The molecule has 0 spiro atoms. The lowest BCUT2D eigenvalue weighted by atomic mass is 9.95. The van der Waals surface area contributed by atoms with E-state index in [2.05, 4.69) is 22.8 Å². The van der Waals surface area contributed by atoms with Crippen molar-refractivity contribution in [3.8, 4) is 28.4 Å². The van der Waals surface area contributed by atoms with Crippen LogP contribution in [0.4, 0.5) is 5.69 Å². The Morgan fingerprint density at radius 3 is 2.39 bits per heavy atom. The highest BCUT2D eigenvalue weighted by Crippen LogP contribution is 2.50. The van der Waals surface area contributed by atoms with Gasteiger partial charge in [-0.15, -0.1) is 0 Å². The van der Waals surface area contributed by atoms with E-state index >= 15 is 0 Å². The summed E-state index contributed by atoms with van der Waals surface area (Å²) in [5.41, 5.74) is 4.95. The molecule has 0 radical (unpaired) electrons. The first kappa shape index (κ1) is 25.1. The van der Waals surface area contributed by atoms with E-state index in [4.69, 9.17) is 14.2 Å². The second kappa shape index (κ2) is 11.2. The lowest BCUT2D eigenvalue weighted by Crippen LogP contribution is -2.26. The number of hydrogen-bond donors (Lipinski definition) is 2. The number of rotatable bonds is 8. The molecule has 0 bridgehead atoms. The molecule has 1 unspecified atom stereocenters. The maximum atomic E-state index is 13.3. The number of fused-ring (bicyclic) bond motifs is 3. The summed E-state index contributed by atoms with van der Waals surface area (Å²) in [5, 5.41) is 6.32. The van der Waals surface area contributed by atoms with Gasteiger partial charge in [-0.3, -0.25) is 9.59 Å². The Morgan fingerprint density at radius 2 is 1.72 bits per heavy atom. The van der Waals surface area contributed by atoms with Crippen LogP contribution in [-0.2, 0) is 17.6 Å². The van der Waals surface area contributed by atoms with Crippen LogP contribution in [0.5, 0.6) is 17.2 Å². The summed E-state index contributed by atoms with van der Waals surface area (Å²) in [6.45, 7) is 2.11. The minimum Gasteiger partial charge on any atom is -0.493 e. The van der Waals surface area contributed by atoms with E-state index in [1.807, 2.05) is 36.4 Å². The van der Waals surface area contributed by atoms with Gasteiger partial charge in [0.25, 0.3) is 0 Å². The van der Waals surface area contributed by atoms with E-state index < -0.39 is 0 Å². The molecule has 7 heteroatoms. The van der Waals surface area contributed by atoms with Crippen molar-refractivity contribution in [3.63, 3.8) is 0 Å². The summed E-state index contributed by atoms with van der Waals surface area (Å²) < 4.78 is 17.0. The molecule has 0 saturated carbocycles. The fraction of sp³-hybridized carbons (Fsp3) is 0.310. The van der Waals surface area contributed by atoms with Crippen LogP contribution in [0, 0.1) is 0 Å². The van der Waals surface area contributed by atoms with Gasteiger partial charge in [0.15, 0.2) is 11.5 Å². The molecule has 2 N–H and O–H groups in total. The average molecular weight is 489 g/mol. The summed E-state index contributed by atoms with van der Waals surface area (Å²) in [6.07, 6.45) is 2.07. The number of methoxy groups -OCH3 is 3. The van der Waals surface area contributed by atoms with E-state index in [1.165, 1.54) is 12.5 Å². The van der Waals surface area contributed by atoms with Gasteiger partial charge in [-0.1, -0.05) is 36.4 Å². The van der Waals surface area contributed by atoms with Crippen molar-refractivity contribution in [1.29, 1.82) is 0 Å². The SMILES string of the molecule is COc1cc2c(c(OC)c1OC)-c1ccc(NCCc3ccccc3)c(=O)cc1C(NC(C)=O)CC2. The third-order valence-corrected chi connectivity index (χ3v) is 6.49. The zero-order chi connectivity index (χ0) is 25.7. The molecule has 4 rings (SSSR count). The highest BCUT2D eigenvalue weighted by molar-refractivity contribution is 5.83. The molecule has 0 aliphatic heterocycles. The Balaban J connectivity index is 1.84. The molecule has 1 amide bonds. The molecule has 0 saturated heterocycles. The van der Waals surface area contributed by atoms with Crippen molar-refractivity contribution in [1.82, 2.24) is 5.32 Å². The van der Waals surface area contributed by atoms with Gasteiger partial charge >= 0.3 is 0 Å². The van der Waals surface area contributed by atoms with Crippen molar-refractivity contribution in [2.45, 2.75) is 32.2 Å². The number of anilines is 1. The van der Waals surface area contributed by atoms with Gasteiger partial charge in [-0.25, -0.2) is 0 Å². The highest BCUT2D eigenvalue weighted by Gasteiger charge is 2.29. The van der Waals surface area contributed by atoms with Gasteiger partial charge < -0.3 is 24.8 Å². The van der Waals surface area contributed by atoms with Crippen molar-refractivity contribution < 1.29 is 19.0 Å². The van der Waals surface area contributed by atoms with Crippen LogP contribution in [0.15, 0.2) is 59.4 Å². The van der Waals surface area contributed by atoms with E-state index in [0.29, 0.717) is 42.3 Å². The molecule has 36 heavy (non-hydrogen) atoms. The van der Waals surface area contributed by atoms with Crippen LogP contribution in [-0.4, -0.2) is 33.8 Å². The Kier molecular flexibility index (Phi) is 7.78. The predicted molar refractivity (Wildman–Crippen MR) is 141 cm³/mol. The number of nitrogens with one attached hydrogen (secondary N) is 2. The quantitative estimate of drug-likeness (QED) is 0.485. The minimum absolute atomic E-state index is 0.137. The van der Waals surface area contributed by atoms with Crippen LogP contribution in [0.2, 0.25) is 0 Å². The van der Waals surface area contributed by atoms with Crippen molar-refractivity contribution in [2.75, 3.05) is 33.2 Å². The maximum absolute atomic E-state index is 13.3. The molecular formula is C29H32N2O5. The third-order valence-electron chi connectivity index (χ3n) is 6.49.